The Balaban J connectivity index is 0.000000303. The van der Waals surface area contributed by atoms with Gasteiger partial charge in [0.25, 0.3) is 84.3 Å². The van der Waals surface area contributed by atoms with Gasteiger partial charge in [-0.2, -0.15) is 59.7 Å². The van der Waals surface area contributed by atoms with Crippen LogP contribution in [-0.4, -0.2) is 273 Å². The van der Waals surface area contributed by atoms with Crippen molar-refractivity contribution in [2.75, 3.05) is 100 Å². The number of benzene rings is 4. The number of hydroxylamine groups is 4. The van der Waals surface area contributed by atoms with Gasteiger partial charge in [-0.3, -0.25) is 69.1 Å². The molecule has 808 valence electrons. The number of nitrogens with zero attached hydrogens (tertiary/aromatic N) is 8. The van der Waals surface area contributed by atoms with Crippen LogP contribution in [0, 0.1) is 0 Å². The number of carbonyl (C=O) groups is 6. The molecule has 0 aromatic heterocycles. The Kier molecular flexibility index (Phi) is 42.2. The van der Waals surface area contributed by atoms with E-state index in [1.165, 1.54) is 30.3 Å². The number of aliphatic carboxylic acids is 1. The molecule has 0 atom stereocenters. The summed E-state index contributed by atoms with van der Waals surface area (Å²) in [5, 5.41) is 42.5. The maximum Gasteiger partial charge on any atom is 0.762 e. The van der Waals surface area contributed by atoms with Gasteiger partial charge in [-0.1, -0.05) is 67.1 Å². The minimum absolute atomic E-state index is 0. The number of allylic oxidation sites excluding steroid dienone is 14. The molecule has 0 radical (unpaired) electrons. The topological polar surface area (TPSA) is 594 Å². The van der Waals surface area contributed by atoms with E-state index < -0.39 is 137 Å². The predicted octanol–water partition coefficient (Wildman–Crippen LogP) is 8.58. The first kappa shape index (κ1) is 122. The summed E-state index contributed by atoms with van der Waals surface area (Å²) in [6.07, 6.45) is 19.2. The molecule has 8 aliphatic rings. The fraction of sp³-hybridized carbons (Fsp3) is 0.462. The number of anilines is 2. The van der Waals surface area contributed by atoms with Gasteiger partial charge in [0, 0.05) is 155 Å². The number of amidine groups is 1. The second-order valence-corrected chi connectivity index (χ2v) is 47.7. The zero-order chi connectivity index (χ0) is 109. The number of hydrogen-bond acceptors (Lipinski definition) is 32. The number of fused-ring (bicyclic) bond motifs is 4. The predicted molar refractivity (Wildman–Crippen MR) is 532 cm³/mol. The van der Waals surface area contributed by atoms with E-state index in [1.54, 1.807) is 55.9 Å². The first-order valence-corrected chi connectivity index (χ1v) is 56.3. The van der Waals surface area contributed by atoms with Gasteiger partial charge in [-0.15, -0.1) is 13.7 Å². The second kappa shape index (κ2) is 50.9. The average molecular weight is 2220 g/mol. The van der Waals surface area contributed by atoms with Gasteiger partial charge in [0.2, 0.25) is 11.4 Å². The van der Waals surface area contributed by atoms with Crippen LogP contribution in [0.2, 0.25) is 0 Å². The lowest BCUT2D eigenvalue weighted by Gasteiger charge is -2.28. The molecule has 0 spiro atoms. The molecule has 4 amide bonds. The smallest absolute Gasteiger partial charge is 0.762 e. The van der Waals surface area contributed by atoms with Crippen LogP contribution in [0.1, 0.15) is 180 Å². The summed E-state index contributed by atoms with van der Waals surface area (Å²) in [6, 6.07) is 19.7. The Morgan fingerprint density at radius 1 is 0.483 bits per heavy atom. The molecule has 0 unspecified atom stereocenters. The Labute approximate surface area is 858 Å². The zero-order valence-electron chi connectivity index (χ0n) is 82.2. The molecule has 147 heavy (non-hydrogen) atoms. The van der Waals surface area contributed by atoms with Crippen molar-refractivity contribution in [2.24, 2.45) is 0 Å². The average Bonchev–Trinajstić information content (AvgIpc) is 1.59. The number of carboxylic acid groups (broad SMARTS) is 1. The first-order chi connectivity index (χ1) is 67.9. The van der Waals surface area contributed by atoms with Gasteiger partial charge in [0.1, 0.15) is 13.1 Å². The molecule has 11 N–H and O–H groups in total. The molecule has 12 rings (SSSR count). The summed E-state index contributed by atoms with van der Waals surface area (Å²) in [5.74, 6) is -5.57. The zero-order valence-corrected chi connectivity index (χ0v) is 88.7. The van der Waals surface area contributed by atoms with Crippen molar-refractivity contribution in [1.29, 1.82) is 0 Å². The van der Waals surface area contributed by atoms with Crippen LogP contribution in [-0.2, 0) is 140 Å². The molecule has 6 aliphatic heterocycles. The van der Waals surface area contributed by atoms with Crippen LogP contribution in [0.25, 0.3) is 0 Å². The van der Waals surface area contributed by atoms with Crippen LogP contribution in [0.4, 0.5) is 35.7 Å². The molecule has 56 heteroatoms. The van der Waals surface area contributed by atoms with Crippen LogP contribution in [0.3, 0.4) is 0 Å². The Hall–Kier alpha value is -10.5. The third-order valence-electron chi connectivity index (χ3n) is 24.8. The fourth-order valence-electron chi connectivity index (χ4n) is 18.1. The number of nitrogens with one attached hydrogen (secondary N) is 2. The second-order valence-electron chi connectivity index (χ2n) is 37.0. The first-order valence-electron chi connectivity index (χ1n) is 45.5. The lowest BCUT2D eigenvalue weighted by Crippen LogP contribution is -3.00. The highest BCUT2D eigenvalue weighted by atomic mass is 32.2. The van der Waals surface area contributed by atoms with E-state index in [-0.39, 0.29) is 130 Å². The van der Waals surface area contributed by atoms with Gasteiger partial charge in [0.05, 0.1) is 109 Å². The minimum Gasteiger partial charge on any atom is -1.00 e. The van der Waals surface area contributed by atoms with E-state index in [0.29, 0.717) is 98.3 Å². The summed E-state index contributed by atoms with van der Waals surface area (Å²) in [6.45, 7) is 16.3. The number of halogens is 4. The number of hydrogen-bond donors (Lipinski definition) is 11. The highest BCUT2D eigenvalue weighted by Gasteiger charge is 2.49. The Morgan fingerprint density at radius 3 is 1.17 bits per heavy atom. The largest absolute Gasteiger partial charge is 1.00 e. The van der Waals surface area contributed by atoms with Crippen molar-refractivity contribution in [3.8, 4) is 0 Å². The van der Waals surface area contributed by atoms with Crippen LogP contribution in [0.15, 0.2) is 186 Å². The summed E-state index contributed by atoms with van der Waals surface area (Å²) in [4.78, 5) is 87.8. The molecular weight excluding hydrogens is 2100 g/mol. The monoisotopic (exact) mass is 2220 g/mol. The standard InChI is InChI=1S/C43H52N4O16S4.C39H49N3O14S4.C9H16N3O3.BF3.FH/c1-42(2)32-26-30(64-63-62-51)12-14-34(32)45(22-6-24-65(52,53)54)36(42)16-10-28-8-5-9-29(41(28)44-21-20-40(50)61-47-38(48)18-19-39(47)49)11-17-37-43(3,4)33-27-31(67(58,59)60)13-15-35(33)46(37)23-7-25-66(55,56)57;1-38(2)30-24-28(57-56-55-45)12-14-32(30)41(20-6-22-58(46,47)48)34(38)16-10-26-8-5-9-27(37(26)40-19-18-36(43)44)11-17-35-39(3,4)31-25-29(60(52,53)54)13-15-33(31)42(35)21-7-23-59(49,50)51;1-10(2)9(11(3)4)15-12-7(13)5-6-8(12)14;2-1(3)4;/h10-17,26-27H,5-9,18-25H2,1-4H3,(H4,51,52,53,54,55,56,57,58,59,60);10-17,24-25H,5-9,18-23H2,1-4H3,(H5,43,44,45,46,47,48,49,50,51,52,53,54);5-6H2,1-4H3;;1H/q;;+1;;/p+1/b29-11+,37-17-;27-11+,35-17-;;;. The van der Waals surface area contributed by atoms with E-state index >= 15 is 0 Å². The summed E-state index contributed by atoms with van der Waals surface area (Å²) >= 11 is 1.59. The number of imide groups is 2. The third kappa shape index (κ3) is 32.8. The SMILES string of the molecule is CC1(C)C(/C=C/C2=C(NCCC(=O)O)C(=C/C=C3\N(CCCS(=O)(=O)O)c4ccc(S(=O)(=O)O)cc4C3(C)C)/CCC2)=[N+](CCCS(=O)(=O)O)c2ccc(SOOO)cc21.CC1(C)C(/C=C/C2=C(NCCC(=O)ON3C(=O)CCC3=O)C(=C/C=C3\N(CCCS(=O)(=O)O)c4ccc(S(=O)(=O)O)cc4C3(C)C)/CCC2)=[N+](CCCS(=O)(=O)O)c2ccc(SOOO)cc21.CN(C)C(ON1C(=O)CCC1=O)=[N+](C)C.FB(F)F.[F-]. The quantitative estimate of drug-likeness (QED) is 0.00190. The molecule has 6 heterocycles. The molecule has 2 fully saturated rings. The minimum atomic E-state index is -4.58. The van der Waals surface area contributed by atoms with E-state index in [2.05, 4.69) is 29.4 Å². The number of carboxylic acids is 1. The molecule has 0 saturated carbocycles. The molecule has 4 aromatic carbocycles. The molecule has 2 saturated heterocycles. The van der Waals surface area contributed by atoms with Crippen molar-refractivity contribution in [1.82, 2.24) is 25.7 Å². The molecule has 43 nitrogen and oxygen atoms in total. The Morgan fingerprint density at radius 2 is 0.837 bits per heavy atom. The molecule has 4 aromatic rings. The van der Waals surface area contributed by atoms with E-state index in [0.717, 1.165) is 91.8 Å². The summed E-state index contributed by atoms with van der Waals surface area (Å²) < 4.78 is 244. The van der Waals surface area contributed by atoms with Gasteiger partial charge in [-0.25, -0.2) is 24.8 Å². The van der Waals surface area contributed by atoms with E-state index in [4.69, 9.17) is 20.2 Å². The molecular formula is C91H119BF4N10O33S8+2. The van der Waals surface area contributed by atoms with Gasteiger partial charge in [0.15, 0.2) is 11.4 Å². The van der Waals surface area contributed by atoms with Crippen molar-refractivity contribution in [2.45, 2.75) is 199 Å². The van der Waals surface area contributed by atoms with Gasteiger partial charge in [-0.05, 0) is 185 Å². The fourth-order valence-corrected chi connectivity index (χ4v) is 21.9. The number of rotatable bonds is 40. The van der Waals surface area contributed by atoms with Crippen molar-refractivity contribution >= 4 is 168 Å². The third-order valence-corrected chi connectivity index (χ3v) is 30.8. The van der Waals surface area contributed by atoms with Crippen LogP contribution >= 0.6 is 24.1 Å². The number of carbonyl (C=O) groups excluding carboxylic acids is 5. The van der Waals surface area contributed by atoms with E-state index in [9.17, 15) is 125 Å². The molecule has 0 bridgehead atoms. The van der Waals surface area contributed by atoms with E-state index in [1.807, 2.05) is 147 Å². The van der Waals surface area contributed by atoms with Crippen LogP contribution in [0.5, 0.6) is 0 Å². The highest BCUT2D eigenvalue weighted by Crippen LogP contribution is 2.52. The van der Waals surface area contributed by atoms with Crippen LogP contribution < -0.4 is 25.1 Å². The van der Waals surface area contributed by atoms with Crippen molar-refractivity contribution in [3.05, 3.63) is 189 Å². The highest BCUT2D eigenvalue weighted by molar-refractivity contribution is 7.94. The van der Waals surface area contributed by atoms with Crippen molar-refractivity contribution < 1.29 is 182 Å². The summed E-state index contributed by atoms with van der Waals surface area (Å²) in [7, 11) is -22.7. The lowest BCUT2D eigenvalue weighted by atomic mass is 9.81. The maximum atomic E-state index is 12.9. The van der Waals surface area contributed by atoms with Crippen molar-refractivity contribution in [3.63, 3.8) is 0 Å². The lowest BCUT2D eigenvalue weighted by molar-refractivity contribution is -0.484. The van der Waals surface area contributed by atoms with Gasteiger partial charge >= 0.3 is 25.5 Å². The number of amides is 4. The maximum absolute atomic E-state index is 12.9. The summed E-state index contributed by atoms with van der Waals surface area (Å²) in [5.41, 5.74) is 10.2. The van der Waals surface area contributed by atoms with Gasteiger partial charge < -0.3 is 35.1 Å². The molecule has 2 aliphatic carbocycles. The Bertz CT molecular complexity index is 6770. The normalized spacial score (nSPS) is 18.6.